The minimum atomic E-state index is 0.131. The Morgan fingerprint density at radius 3 is 2.19 bits per heavy atom. The molecule has 3 heteroatoms. The van der Waals surface area contributed by atoms with E-state index in [0.29, 0.717) is 12.7 Å². The first-order chi connectivity index (χ1) is 7.63. The van der Waals surface area contributed by atoms with Crippen LogP contribution in [0.3, 0.4) is 0 Å². The van der Waals surface area contributed by atoms with Gasteiger partial charge in [0.1, 0.15) is 0 Å². The Labute approximate surface area is 96.0 Å². The van der Waals surface area contributed by atoms with Crippen LogP contribution in [0, 0.1) is 0 Å². The van der Waals surface area contributed by atoms with Gasteiger partial charge >= 0.3 is 0 Å². The van der Waals surface area contributed by atoms with Crippen molar-refractivity contribution in [2.24, 2.45) is 0 Å². The molecule has 1 heterocycles. The summed E-state index contributed by atoms with van der Waals surface area (Å²) in [4.78, 5) is 0. The first kappa shape index (κ1) is 11.3. The lowest BCUT2D eigenvalue weighted by atomic mass is 9.89. The molecule has 0 bridgehead atoms. The van der Waals surface area contributed by atoms with Gasteiger partial charge in [-0.2, -0.15) is 0 Å². The monoisotopic (exact) mass is 222 g/mol. The molecule has 0 amide bonds. The zero-order chi connectivity index (χ0) is 11.7. The molecular weight excluding hydrogens is 204 g/mol. The predicted molar refractivity (Wildman–Crippen MR) is 62.2 cm³/mol. The van der Waals surface area contributed by atoms with E-state index in [1.807, 2.05) is 19.1 Å². The van der Waals surface area contributed by atoms with Gasteiger partial charge in [-0.1, -0.05) is 20.8 Å². The van der Waals surface area contributed by atoms with Crippen molar-refractivity contribution in [3.8, 4) is 11.5 Å². The van der Waals surface area contributed by atoms with Gasteiger partial charge in [0.05, 0.1) is 0 Å². The van der Waals surface area contributed by atoms with E-state index in [-0.39, 0.29) is 12.5 Å². The summed E-state index contributed by atoms with van der Waals surface area (Å²) in [6.45, 7) is 6.75. The number of rotatable bonds is 3. The van der Waals surface area contributed by atoms with Gasteiger partial charge in [-0.05, 0) is 29.2 Å². The lowest BCUT2D eigenvalue weighted by molar-refractivity contribution is 0.174. The summed E-state index contributed by atoms with van der Waals surface area (Å²) in [6, 6.07) is 4.03. The predicted octanol–water partition coefficient (Wildman–Crippen LogP) is 2.63. The first-order valence-electron chi connectivity index (χ1n) is 5.67. The molecule has 88 valence electrons. The Balaban J connectivity index is 2.48. The van der Waals surface area contributed by atoms with Gasteiger partial charge in [-0.15, -0.1) is 0 Å². The van der Waals surface area contributed by atoms with E-state index in [2.05, 4.69) is 13.8 Å². The highest BCUT2D eigenvalue weighted by atomic mass is 16.7. The largest absolute Gasteiger partial charge is 0.454 e. The standard InChI is InChI=1S/C13H18O3/c1-8(2)10-4-12-13(16-7-15-12)5-11(10)9(3)6-14/h4-5,8-9,14H,6-7H2,1-3H3. The number of aliphatic hydroxyl groups excluding tert-OH is 1. The lowest BCUT2D eigenvalue weighted by Gasteiger charge is -2.17. The van der Waals surface area contributed by atoms with Crippen LogP contribution < -0.4 is 9.47 Å². The normalized spacial score (nSPS) is 15.6. The van der Waals surface area contributed by atoms with Gasteiger partial charge in [-0.3, -0.25) is 0 Å². The minimum absolute atomic E-state index is 0.131. The fourth-order valence-corrected chi connectivity index (χ4v) is 2.00. The van der Waals surface area contributed by atoms with Crippen molar-refractivity contribution in [1.82, 2.24) is 0 Å². The summed E-state index contributed by atoms with van der Waals surface area (Å²) in [5.74, 6) is 2.16. The maximum atomic E-state index is 9.27. The molecule has 1 aliphatic rings. The van der Waals surface area contributed by atoms with Crippen LogP contribution in [0.5, 0.6) is 11.5 Å². The molecule has 3 nitrogen and oxygen atoms in total. The highest BCUT2D eigenvalue weighted by Gasteiger charge is 2.20. The number of aliphatic hydroxyl groups is 1. The number of hydrogen-bond acceptors (Lipinski definition) is 3. The van der Waals surface area contributed by atoms with Crippen molar-refractivity contribution in [2.45, 2.75) is 32.6 Å². The fourth-order valence-electron chi connectivity index (χ4n) is 2.00. The van der Waals surface area contributed by atoms with Crippen LogP contribution in [0.25, 0.3) is 0 Å². The summed E-state index contributed by atoms with van der Waals surface area (Å²) in [7, 11) is 0. The zero-order valence-electron chi connectivity index (χ0n) is 9.99. The highest BCUT2D eigenvalue weighted by molar-refractivity contribution is 5.50. The second kappa shape index (κ2) is 4.34. The second-order valence-electron chi connectivity index (χ2n) is 4.57. The molecule has 16 heavy (non-hydrogen) atoms. The molecule has 1 N–H and O–H groups in total. The van der Waals surface area contributed by atoms with Crippen molar-refractivity contribution < 1.29 is 14.6 Å². The Morgan fingerprint density at radius 2 is 1.69 bits per heavy atom. The summed E-state index contributed by atoms with van der Waals surface area (Å²) < 4.78 is 10.7. The molecule has 0 spiro atoms. The van der Waals surface area contributed by atoms with Gasteiger partial charge in [0, 0.05) is 12.5 Å². The van der Waals surface area contributed by atoms with Gasteiger partial charge in [-0.25, -0.2) is 0 Å². The van der Waals surface area contributed by atoms with Crippen LogP contribution in [-0.4, -0.2) is 18.5 Å². The fraction of sp³-hybridized carbons (Fsp3) is 0.538. The van der Waals surface area contributed by atoms with Crippen molar-refractivity contribution in [1.29, 1.82) is 0 Å². The zero-order valence-corrected chi connectivity index (χ0v) is 9.99. The van der Waals surface area contributed by atoms with Crippen LogP contribution in [0.15, 0.2) is 12.1 Å². The maximum absolute atomic E-state index is 9.27. The quantitative estimate of drug-likeness (QED) is 0.854. The van der Waals surface area contributed by atoms with E-state index in [0.717, 1.165) is 17.1 Å². The highest BCUT2D eigenvalue weighted by Crippen LogP contribution is 2.39. The summed E-state index contributed by atoms with van der Waals surface area (Å²) in [5, 5.41) is 9.27. The molecular formula is C13H18O3. The molecule has 2 rings (SSSR count). The molecule has 1 aromatic rings. The van der Waals surface area contributed by atoms with Crippen molar-refractivity contribution in [3.05, 3.63) is 23.3 Å². The number of hydrogen-bond donors (Lipinski definition) is 1. The van der Waals surface area contributed by atoms with E-state index in [4.69, 9.17) is 9.47 Å². The maximum Gasteiger partial charge on any atom is 0.231 e. The molecule has 0 radical (unpaired) electrons. The first-order valence-corrected chi connectivity index (χ1v) is 5.67. The molecule has 0 saturated carbocycles. The number of fused-ring (bicyclic) bond motifs is 1. The van der Waals surface area contributed by atoms with Crippen LogP contribution in [0.1, 0.15) is 43.7 Å². The van der Waals surface area contributed by atoms with E-state index >= 15 is 0 Å². The third kappa shape index (κ3) is 1.87. The molecule has 0 aliphatic carbocycles. The third-order valence-corrected chi connectivity index (χ3v) is 3.01. The molecule has 1 aliphatic heterocycles. The molecule has 0 fully saturated rings. The van der Waals surface area contributed by atoms with Crippen LogP contribution in [0.2, 0.25) is 0 Å². The van der Waals surface area contributed by atoms with E-state index in [1.54, 1.807) is 0 Å². The van der Waals surface area contributed by atoms with E-state index in [9.17, 15) is 5.11 Å². The third-order valence-electron chi connectivity index (χ3n) is 3.01. The Morgan fingerprint density at radius 1 is 1.12 bits per heavy atom. The Kier molecular flexibility index (Phi) is 3.06. The van der Waals surface area contributed by atoms with Crippen LogP contribution in [-0.2, 0) is 0 Å². The van der Waals surface area contributed by atoms with E-state index < -0.39 is 0 Å². The Hall–Kier alpha value is -1.22. The van der Waals surface area contributed by atoms with Crippen LogP contribution in [0.4, 0.5) is 0 Å². The van der Waals surface area contributed by atoms with Gasteiger partial charge < -0.3 is 14.6 Å². The molecule has 1 atom stereocenters. The Bertz CT molecular complexity index is 385. The average molecular weight is 222 g/mol. The summed E-state index contributed by atoms with van der Waals surface area (Å²) >= 11 is 0. The SMILES string of the molecule is CC(C)c1cc2c(cc1C(C)CO)OCO2. The molecule has 1 aromatic carbocycles. The number of benzene rings is 1. The summed E-state index contributed by atoms with van der Waals surface area (Å²) in [6.07, 6.45) is 0. The van der Waals surface area contributed by atoms with Crippen molar-refractivity contribution in [3.63, 3.8) is 0 Å². The van der Waals surface area contributed by atoms with Crippen LogP contribution >= 0.6 is 0 Å². The average Bonchev–Trinajstić information content (AvgIpc) is 2.73. The smallest absolute Gasteiger partial charge is 0.231 e. The molecule has 0 saturated heterocycles. The van der Waals surface area contributed by atoms with Gasteiger partial charge in [0.15, 0.2) is 11.5 Å². The second-order valence-corrected chi connectivity index (χ2v) is 4.57. The van der Waals surface area contributed by atoms with Crippen molar-refractivity contribution in [2.75, 3.05) is 13.4 Å². The summed E-state index contributed by atoms with van der Waals surface area (Å²) in [5.41, 5.74) is 2.38. The lowest BCUT2D eigenvalue weighted by Crippen LogP contribution is -2.04. The number of ether oxygens (including phenoxy) is 2. The molecule has 1 unspecified atom stereocenters. The minimum Gasteiger partial charge on any atom is -0.454 e. The van der Waals surface area contributed by atoms with Gasteiger partial charge in [0.2, 0.25) is 6.79 Å². The van der Waals surface area contributed by atoms with E-state index in [1.165, 1.54) is 5.56 Å². The van der Waals surface area contributed by atoms with Crippen molar-refractivity contribution >= 4 is 0 Å². The molecule has 0 aromatic heterocycles. The van der Waals surface area contributed by atoms with Gasteiger partial charge in [0.25, 0.3) is 0 Å². The topological polar surface area (TPSA) is 38.7 Å².